The first kappa shape index (κ1) is 19.7. The number of nitrogen functional groups attached to an aromatic ring is 1. The number of rotatable bonds is 6. The molecule has 0 aliphatic rings. The lowest BCUT2D eigenvalue weighted by molar-refractivity contribution is 0.0600. The Morgan fingerprint density at radius 2 is 2.00 bits per heavy atom. The zero-order valence-electron chi connectivity index (χ0n) is 15.9. The number of nitrogens with one attached hydrogen (secondary N) is 1. The van der Waals surface area contributed by atoms with E-state index >= 15 is 0 Å². The predicted octanol–water partition coefficient (Wildman–Crippen LogP) is 0.906. The van der Waals surface area contributed by atoms with Crippen LogP contribution >= 0.6 is 0 Å². The number of hydrogen-bond donors (Lipinski definition) is 2. The predicted molar refractivity (Wildman–Crippen MR) is 101 cm³/mol. The van der Waals surface area contributed by atoms with Crippen LogP contribution in [0, 0.1) is 0 Å². The van der Waals surface area contributed by atoms with Crippen LogP contribution in [0.25, 0.3) is 5.82 Å². The molecule has 0 aliphatic carbocycles. The highest BCUT2D eigenvalue weighted by Crippen LogP contribution is 2.22. The van der Waals surface area contributed by atoms with Crippen LogP contribution in [0.3, 0.4) is 0 Å². The molecule has 3 N–H and O–H groups in total. The molecule has 0 atom stereocenters. The Morgan fingerprint density at radius 1 is 1.28 bits per heavy atom. The molecular formula is C17H18N8O4. The van der Waals surface area contributed by atoms with Gasteiger partial charge in [0.1, 0.15) is 0 Å². The van der Waals surface area contributed by atoms with E-state index in [0.717, 1.165) is 0 Å². The van der Waals surface area contributed by atoms with Gasteiger partial charge in [0.15, 0.2) is 5.69 Å². The van der Waals surface area contributed by atoms with Gasteiger partial charge in [-0.05, 0) is 33.9 Å². The smallest absolute Gasteiger partial charge is 0.337 e. The number of anilines is 1. The van der Waals surface area contributed by atoms with E-state index in [1.807, 2.05) is 13.8 Å². The molecule has 0 fully saturated rings. The van der Waals surface area contributed by atoms with Crippen LogP contribution in [0.4, 0.5) is 5.82 Å². The quantitative estimate of drug-likeness (QED) is 0.349. The maximum absolute atomic E-state index is 12.5. The largest absolute Gasteiger partial charge is 0.465 e. The molecule has 0 saturated carbocycles. The molecule has 3 rings (SSSR count). The van der Waals surface area contributed by atoms with Crippen LogP contribution < -0.4 is 11.2 Å². The van der Waals surface area contributed by atoms with Crippen LogP contribution in [0.2, 0.25) is 0 Å². The average Bonchev–Trinajstić information content (AvgIpc) is 3.33. The molecule has 3 aromatic rings. The molecular weight excluding hydrogens is 380 g/mol. The number of aromatic nitrogens is 5. The van der Waals surface area contributed by atoms with Crippen LogP contribution in [-0.2, 0) is 4.74 Å². The summed E-state index contributed by atoms with van der Waals surface area (Å²) in [7, 11) is 1.31. The van der Waals surface area contributed by atoms with E-state index in [-0.39, 0.29) is 23.2 Å². The van der Waals surface area contributed by atoms with Crippen molar-refractivity contribution in [2.75, 3.05) is 12.8 Å². The molecule has 12 heteroatoms. The Labute approximate surface area is 164 Å². The fourth-order valence-corrected chi connectivity index (χ4v) is 2.50. The van der Waals surface area contributed by atoms with Crippen molar-refractivity contribution in [2.45, 2.75) is 19.8 Å². The van der Waals surface area contributed by atoms with Gasteiger partial charge in [-0.15, -0.1) is 5.10 Å². The molecule has 0 unspecified atom stereocenters. The number of carbonyl (C=O) groups is 2. The van der Waals surface area contributed by atoms with E-state index in [1.54, 1.807) is 24.3 Å². The summed E-state index contributed by atoms with van der Waals surface area (Å²) in [5.74, 6) is -0.949. The number of amides is 1. The minimum Gasteiger partial charge on any atom is -0.465 e. The fraction of sp³-hybridized carbons (Fsp3) is 0.235. The van der Waals surface area contributed by atoms with Gasteiger partial charge >= 0.3 is 5.97 Å². The summed E-state index contributed by atoms with van der Waals surface area (Å²) in [6, 6.07) is 6.51. The van der Waals surface area contributed by atoms with Crippen molar-refractivity contribution < 1.29 is 19.0 Å². The second kappa shape index (κ2) is 8.29. The summed E-state index contributed by atoms with van der Waals surface area (Å²) < 4.78 is 10.5. The SMILES string of the molecule is COC(=O)c1ccc(/C=N/NC(=O)c2nnn(-c3nonc3N)c2C(C)C)cc1. The summed E-state index contributed by atoms with van der Waals surface area (Å²) in [5.41, 5.74) is 9.73. The maximum Gasteiger partial charge on any atom is 0.337 e. The standard InChI is InChI=1S/C17H18N8O4/c1-9(2)13-12(20-24-25(13)15-14(18)22-29-23-15)16(26)21-19-8-10-4-6-11(7-5-10)17(27)28-3/h4-9H,1-3H3,(H2,18,22)(H,21,26)/b19-8+. The Morgan fingerprint density at radius 3 is 2.59 bits per heavy atom. The van der Waals surface area contributed by atoms with Gasteiger partial charge in [0.2, 0.25) is 11.6 Å². The number of esters is 1. The molecule has 0 bridgehead atoms. The highest BCUT2D eigenvalue weighted by molar-refractivity contribution is 5.94. The molecule has 0 aliphatic heterocycles. The topological polar surface area (TPSA) is 163 Å². The van der Waals surface area contributed by atoms with Gasteiger partial charge in [0.25, 0.3) is 5.91 Å². The molecule has 2 aromatic heterocycles. The lowest BCUT2D eigenvalue weighted by atomic mass is 10.1. The monoisotopic (exact) mass is 398 g/mol. The lowest BCUT2D eigenvalue weighted by Crippen LogP contribution is -2.21. The van der Waals surface area contributed by atoms with Gasteiger partial charge in [0, 0.05) is 0 Å². The average molecular weight is 398 g/mol. The summed E-state index contributed by atoms with van der Waals surface area (Å²) in [6.45, 7) is 3.73. The number of carbonyl (C=O) groups excluding carboxylic acids is 2. The van der Waals surface area contributed by atoms with Crippen molar-refractivity contribution in [2.24, 2.45) is 5.10 Å². The normalized spacial score (nSPS) is 11.2. The first-order chi connectivity index (χ1) is 13.9. The Hall–Kier alpha value is -4.09. The van der Waals surface area contributed by atoms with E-state index in [0.29, 0.717) is 16.8 Å². The van der Waals surface area contributed by atoms with E-state index in [4.69, 9.17) is 5.73 Å². The molecule has 150 valence electrons. The highest BCUT2D eigenvalue weighted by Gasteiger charge is 2.25. The minimum absolute atomic E-state index is 0.0252. The highest BCUT2D eigenvalue weighted by atomic mass is 16.6. The van der Waals surface area contributed by atoms with Crippen molar-refractivity contribution in [1.29, 1.82) is 0 Å². The van der Waals surface area contributed by atoms with Crippen LogP contribution in [-0.4, -0.2) is 50.5 Å². The molecule has 12 nitrogen and oxygen atoms in total. The first-order valence-electron chi connectivity index (χ1n) is 8.48. The zero-order chi connectivity index (χ0) is 21.0. The van der Waals surface area contributed by atoms with Crippen LogP contribution in [0.1, 0.15) is 51.9 Å². The molecule has 1 amide bonds. The van der Waals surface area contributed by atoms with Gasteiger partial charge in [0.05, 0.1) is 24.6 Å². The molecule has 1 aromatic carbocycles. The summed E-state index contributed by atoms with van der Waals surface area (Å²) in [5, 5.41) is 18.9. The third-order valence-corrected chi connectivity index (χ3v) is 3.87. The summed E-state index contributed by atoms with van der Waals surface area (Å²) >= 11 is 0. The minimum atomic E-state index is -0.558. The van der Waals surface area contributed by atoms with Gasteiger partial charge in [-0.1, -0.05) is 31.2 Å². The molecule has 0 radical (unpaired) electrons. The molecule has 29 heavy (non-hydrogen) atoms. The Balaban J connectivity index is 1.76. The van der Waals surface area contributed by atoms with Crippen molar-refractivity contribution in [3.8, 4) is 5.82 Å². The number of hydrogen-bond acceptors (Lipinski definition) is 10. The third-order valence-electron chi connectivity index (χ3n) is 3.87. The van der Waals surface area contributed by atoms with Gasteiger partial charge in [-0.2, -0.15) is 9.78 Å². The molecule has 2 heterocycles. The Bertz CT molecular complexity index is 1050. The summed E-state index contributed by atoms with van der Waals surface area (Å²) in [6.07, 6.45) is 1.43. The van der Waals surface area contributed by atoms with Crippen molar-refractivity contribution in [3.63, 3.8) is 0 Å². The van der Waals surface area contributed by atoms with Gasteiger partial charge < -0.3 is 10.5 Å². The maximum atomic E-state index is 12.5. The number of nitrogens with zero attached hydrogens (tertiary/aromatic N) is 6. The van der Waals surface area contributed by atoms with E-state index < -0.39 is 11.9 Å². The van der Waals surface area contributed by atoms with Crippen molar-refractivity contribution in [3.05, 3.63) is 46.8 Å². The van der Waals surface area contributed by atoms with Gasteiger partial charge in [-0.3, -0.25) is 4.79 Å². The van der Waals surface area contributed by atoms with Crippen LogP contribution in [0.15, 0.2) is 34.0 Å². The van der Waals surface area contributed by atoms with Gasteiger partial charge in [-0.25, -0.2) is 14.8 Å². The summed E-state index contributed by atoms with van der Waals surface area (Å²) in [4.78, 5) is 23.9. The van der Waals surface area contributed by atoms with E-state index in [2.05, 4.69) is 40.5 Å². The number of hydrazone groups is 1. The second-order valence-corrected chi connectivity index (χ2v) is 6.18. The lowest BCUT2D eigenvalue weighted by Gasteiger charge is -2.08. The Kier molecular flexibility index (Phi) is 5.62. The number of nitrogens with two attached hydrogens (primary N) is 1. The van der Waals surface area contributed by atoms with E-state index in [1.165, 1.54) is 18.0 Å². The number of ether oxygens (including phenoxy) is 1. The third kappa shape index (κ3) is 4.10. The zero-order valence-corrected chi connectivity index (χ0v) is 15.9. The van der Waals surface area contributed by atoms with Crippen LogP contribution in [0.5, 0.6) is 0 Å². The van der Waals surface area contributed by atoms with Crippen molar-refractivity contribution in [1.82, 2.24) is 30.7 Å². The first-order valence-corrected chi connectivity index (χ1v) is 8.48. The number of methoxy groups -OCH3 is 1. The molecule has 0 saturated heterocycles. The second-order valence-electron chi connectivity index (χ2n) is 6.18. The molecule has 0 spiro atoms. The fourth-order valence-electron chi connectivity index (χ4n) is 2.50. The van der Waals surface area contributed by atoms with E-state index in [9.17, 15) is 9.59 Å². The van der Waals surface area contributed by atoms with Crippen molar-refractivity contribution >= 4 is 23.9 Å². The number of benzene rings is 1.